The van der Waals surface area contributed by atoms with E-state index in [0.29, 0.717) is 0 Å². The topological polar surface area (TPSA) is 37.2 Å². The normalized spacial score (nSPS) is 11.4. The molecule has 0 aliphatic carbocycles. The molecule has 5 nitrogen and oxygen atoms in total. The van der Waals surface area contributed by atoms with Crippen LogP contribution in [-0.4, -0.2) is 14.5 Å². The summed E-state index contributed by atoms with van der Waals surface area (Å²) in [5.74, 6) is 0. The summed E-state index contributed by atoms with van der Waals surface area (Å²) in [4.78, 5) is 14.6. The van der Waals surface area contributed by atoms with Gasteiger partial charge in [-0.3, -0.25) is 4.98 Å². The van der Waals surface area contributed by atoms with E-state index >= 15 is 0 Å². The summed E-state index contributed by atoms with van der Waals surface area (Å²) in [5.41, 5.74) is 18.7. The van der Waals surface area contributed by atoms with Crippen molar-refractivity contribution in [2.45, 2.75) is 13.8 Å². The van der Waals surface area contributed by atoms with E-state index in [4.69, 9.17) is 9.97 Å². The molecule has 12 aromatic rings. The van der Waals surface area contributed by atoms with Crippen LogP contribution < -0.4 is 9.80 Å². The third kappa shape index (κ3) is 7.14. The molecule has 3 aromatic heterocycles. The number of aromatic nitrogens is 3. The number of fused-ring (bicyclic) bond motifs is 6. The number of para-hydroxylation sites is 4. The van der Waals surface area contributed by atoms with Gasteiger partial charge in [-0.15, -0.1) is 0 Å². The molecule has 0 fully saturated rings. The number of hydrogen-bond donors (Lipinski definition) is 0. The minimum atomic E-state index is 0.931. The maximum Gasteiger partial charge on any atom is 0.0972 e. The highest BCUT2D eigenvalue weighted by Gasteiger charge is 2.21. The lowest BCUT2D eigenvalue weighted by Crippen LogP contribution is -2.09. The Hall–Kier alpha value is -8.80. The molecule has 318 valence electrons. The second kappa shape index (κ2) is 16.6. The average Bonchev–Trinajstić information content (AvgIpc) is 3.70. The summed E-state index contributed by atoms with van der Waals surface area (Å²) in [6, 6.07) is 82.6. The van der Waals surface area contributed by atoms with E-state index in [9.17, 15) is 0 Å². The fourth-order valence-electron chi connectivity index (χ4n) is 9.96. The standard InChI is InChI=1S/C62H45N5/c1-42-38-47(39-43(2)60(42)57-34-29-46-26-25-45-16-15-37-63-61(45)62(46)64-57)44-27-30-52(31-28-44)67-58-35-32-53(65(48-17-7-3-8-18-48)49-19-9-4-10-20-49)40-55(58)56-41-54(33-36-59(56)67)66(50-21-11-5-12-22-50)51-23-13-6-14-24-51/h3-41H,1-2H3. The van der Waals surface area contributed by atoms with Gasteiger partial charge in [0, 0.05) is 73.1 Å². The van der Waals surface area contributed by atoms with E-state index in [2.05, 4.69) is 253 Å². The lowest BCUT2D eigenvalue weighted by atomic mass is 9.93. The van der Waals surface area contributed by atoms with Gasteiger partial charge in [-0.1, -0.05) is 121 Å². The Labute approximate surface area is 390 Å². The molecule has 12 rings (SSSR count). The Morgan fingerprint density at radius 1 is 0.373 bits per heavy atom. The van der Waals surface area contributed by atoms with E-state index in [1.54, 1.807) is 0 Å². The zero-order valence-corrected chi connectivity index (χ0v) is 37.3. The van der Waals surface area contributed by atoms with Crippen molar-refractivity contribution in [1.82, 2.24) is 14.5 Å². The third-order valence-electron chi connectivity index (χ3n) is 13.0. The monoisotopic (exact) mass is 859 g/mol. The number of aryl methyl sites for hydroxylation is 2. The molecule has 67 heavy (non-hydrogen) atoms. The van der Waals surface area contributed by atoms with Crippen LogP contribution in [0.5, 0.6) is 0 Å². The van der Waals surface area contributed by atoms with Crippen LogP contribution in [0.1, 0.15) is 11.1 Å². The Balaban J connectivity index is 0.983. The Kier molecular flexibility index (Phi) is 9.88. The summed E-state index contributed by atoms with van der Waals surface area (Å²) in [7, 11) is 0. The number of benzene rings is 9. The summed E-state index contributed by atoms with van der Waals surface area (Å²) < 4.78 is 2.41. The molecule has 9 aromatic carbocycles. The number of hydrogen-bond acceptors (Lipinski definition) is 4. The van der Waals surface area contributed by atoms with E-state index in [1.807, 2.05) is 12.3 Å². The lowest BCUT2D eigenvalue weighted by Gasteiger charge is -2.26. The van der Waals surface area contributed by atoms with E-state index < -0.39 is 0 Å². The van der Waals surface area contributed by atoms with Gasteiger partial charge in [-0.05, 0) is 145 Å². The molecule has 0 aliphatic heterocycles. The molecule has 3 heterocycles. The maximum absolute atomic E-state index is 5.21. The van der Waals surface area contributed by atoms with Gasteiger partial charge in [-0.25, -0.2) is 4.98 Å². The summed E-state index contributed by atoms with van der Waals surface area (Å²) >= 11 is 0. The van der Waals surface area contributed by atoms with Crippen molar-refractivity contribution in [1.29, 1.82) is 0 Å². The van der Waals surface area contributed by atoms with Crippen molar-refractivity contribution < 1.29 is 0 Å². The van der Waals surface area contributed by atoms with E-state index in [0.717, 1.165) is 89.5 Å². The highest BCUT2D eigenvalue weighted by Crippen LogP contribution is 2.43. The Morgan fingerprint density at radius 2 is 0.836 bits per heavy atom. The zero-order chi connectivity index (χ0) is 44.8. The highest BCUT2D eigenvalue weighted by molar-refractivity contribution is 6.12. The summed E-state index contributed by atoms with van der Waals surface area (Å²) in [5, 5.41) is 4.53. The number of pyridine rings is 2. The fourth-order valence-corrected chi connectivity index (χ4v) is 9.96. The van der Waals surface area contributed by atoms with Gasteiger partial charge in [0.05, 0.1) is 27.8 Å². The molecule has 0 unspecified atom stereocenters. The number of nitrogens with zero attached hydrogens (tertiary/aromatic N) is 5. The third-order valence-corrected chi connectivity index (χ3v) is 13.0. The van der Waals surface area contributed by atoms with Crippen LogP contribution in [0.3, 0.4) is 0 Å². The van der Waals surface area contributed by atoms with Crippen LogP contribution in [0.15, 0.2) is 237 Å². The molecule has 0 amide bonds. The molecule has 0 bridgehead atoms. The first-order valence-electron chi connectivity index (χ1n) is 22.8. The quantitative estimate of drug-likeness (QED) is 0.136. The zero-order valence-electron chi connectivity index (χ0n) is 37.3. The minimum absolute atomic E-state index is 0.931. The molecule has 0 aliphatic rings. The van der Waals surface area contributed by atoms with Gasteiger partial charge in [0.25, 0.3) is 0 Å². The van der Waals surface area contributed by atoms with Crippen molar-refractivity contribution in [2.24, 2.45) is 0 Å². The lowest BCUT2D eigenvalue weighted by molar-refractivity contribution is 1.18. The van der Waals surface area contributed by atoms with Crippen LogP contribution in [-0.2, 0) is 0 Å². The number of anilines is 6. The van der Waals surface area contributed by atoms with Crippen LogP contribution in [0.2, 0.25) is 0 Å². The molecular weight excluding hydrogens is 815 g/mol. The smallest absolute Gasteiger partial charge is 0.0972 e. The highest BCUT2D eigenvalue weighted by atomic mass is 15.1. The summed E-state index contributed by atoms with van der Waals surface area (Å²) in [6.45, 7) is 4.39. The molecule has 0 N–H and O–H groups in total. The second-order valence-corrected chi connectivity index (χ2v) is 17.2. The molecule has 0 saturated carbocycles. The molecule has 0 radical (unpaired) electrons. The molecule has 0 saturated heterocycles. The van der Waals surface area contributed by atoms with Gasteiger partial charge < -0.3 is 14.4 Å². The fraction of sp³-hybridized carbons (Fsp3) is 0.0323. The predicted octanol–water partition coefficient (Wildman–Crippen LogP) is 16.8. The average molecular weight is 860 g/mol. The van der Waals surface area contributed by atoms with Crippen molar-refractivity contribution in [3.63, 3.8) is 0 Å². The van der Waals surface area contributed by atoms with Crippen LogP contribution in [0.25, 0.3) is 71.7 Å². The van der Waals surface area contributed by atoms with Gasteiger partial charge in [0.1, 0.15) is 0 Å². The first-order chi connectivity index (χ1) is 33.1. The maximum atomic E-state index is 5.21. The van der Waals surface area contributed by atoms with Crippen molar-refractivity contribution in [2.75, 3.05) is 9.80 Å². The molecular formula is C62H45N5. The molecule has 5 heteroatoms. The molecule has 0 spiro atoms. The summed E-state index contributed by atoms with van der Waals surface area (Å²) in [6.07, 6.45) is 1.85. The van der Waals surface area contributed by atoms with Crippen LogP contribution in [0.4, 0.5) is 34.1 Å². The minimum Gasteiger partial charge on any atom is -0.310 e. The first-order valence-corrected chi connectivity index (χ1v) is 22.8. The largest absolute Gasteiger partial charge is 0.310 e. The van der Waals surface area contributed by atoms with Gasteiger partial charge in [0.2, 0.25) is 0 Å². The van der Waals surface area contributed by atoms with Gasteiger partial charge >= 0.3 is 0 Å². The van der Waals surface area contributed by atoms with Crippen LogP contribution in [0, 0.1) is 13.8 Å². The molecule has 0 atom stereocenters. The SMILES string of the molecule is Cc1cc(-c2ccc(-n3c4ccc(N(c5ccccc5)c5ccccc5)cc4c4cc(N(c5ccccc5)c5ccccc5)ccc43)cc2)cc(C)c1-c1ccc2ccc3cccnc3c2n1. The van der Waals surface area contributed by atoms with E-state index in [1.165, 1.54) is 27.5 Å². The van der Waals surface area contributed by atoms with Crippen molar-refractivity contribution in [3.05, 3.63) is 248 Å². The first kappa shape index (κ1) is 39.8. The van der Waals surface area contributed by atoms with Crippen LogP contribution >= 0.6 is 0 Å². The van der Waals surface area contributed by atoms with Crippen molar-refractivity contribution in [3.8, 4) is 28.1 Å². The van der Waals surface area contributed by atoms with Gasteiger partial charge in [-0.2, -0.15) is 0 Å². The Bertz CT molecular complexity index is 3510. The van der Waals surface area contributed by atoms with Gasteiger partial charge in [0.15, 0.2) is 0 Å². The number of rotatable bonds is 9. The van der Waals surface area contributed by atoms with Crippen molar-refractivity contribution >= 4 is 77.7 Å². The Morgan fingerprint density at radius 3 is 1.33 bits per heavy atom. The second-order valence-electron chi connectivity index (χ2n) is 17.2. The predicted molar refractivity (Wildman–Crippen MR) is 281 cm³/mol. The van der Waals surface area contributed by atoms with E-state index in [-0.39, 0.29) is 0 Å².